The lowest BCUT2D eigenvalue weighted by Crippen LogP contribution is -2.23. The maximum atomic E-state index is 11.6. The maximum absolute atomic E-state index is 11.6. The molecule has 0 bridgehead atoms. The van der Waals surface area contributed by atoms with Crippen LogP contribution in [-0.4, -0.2) is 43.3 Å². The number of hydrogen-bond donors (Lipinski definition) is 3. The summed E-state index contributed by atoms with van der Waals surface area (Å²) in [6.45, 7) is 1.87. The molecule has 0 spiro atoms. The van der Waals surface area contributed by atoms with Crippen LogP contribution < -0.4 is 20.4 Å². The third-order valence-corrected chi connectivity index (χ3v) is 5.51. The molecule has 178 valence electrons. The predicted octanol–water partition coefficient (Wildman–Crippen LogP) is 3.51. The number of carbonyl (C=O) groups is 2. The van der Waals surface area contributed by atoms with Gasteiger partial charge in [-0.2, -0.15) is 0 Å². The molecule has 0 radical (unpaired) electrons. The van der Waals surface area contributed by atoms with Gasteiger partial charge in [0.2, 0.25) is 12.3 Å². The third-order valence-electron chi connectivity index (χ3n) is 5.51. The monoisotopic (exact) mass is 483 g/mol. The number of ether oxygens (including phenoxy) is 1. The molecule has 1 aliphatic heterocycles. The molecule has 3 N–H and O–H groups in total. The molecule has 2 aromatic carbocycles. The number of nitrogens with zero attached hydrogens (tertiary/aromatic N) is 1. The zero-order chi connectivity index (χ0) is 23.0. The van der Waals surface area contributed by atoms with Gasteiger partial charge in [0.15, 0.2) is 0 Å². The van der Waals surface area contributed by atoms with Gasteiger partial charge in [-0.3, -0.25) is 19.7 Å². The minimum atomic E-state index is -0.592. The third kappa shape index (κ3) is 6.29. The summed E-state index contributed by atoms with van der Waals surface area (Å²) in [5, 5.41) is 13.0. The Morgan fingerprint density at radius 3 is 2.79 bits per heavy atom. The van der Waals surface area contributed by atoms with E-state index in [2.05, 4.69) is 17.2 Å². The van der Waals surface area contributed by atoms with E-state index >= 15 is 0 Å². The first-order valence-corrected chi connectivity index (χ1v) is 10.8. The van der Waals surface area contributed by atoms with Gasteiger partial charge in [-0.05, 0) is 68.3 Å². The van der Waals surface area contributed by atoms with Crippen LogP contribution in [-0.2, 0) is 4.79 Å². The summed E-state index contributed by atoms with van der Waals surface area (Å²) in [6.07, 6.45) is 4.07. The fourth-order valence-electron chi connectivity index (χ4n) is 3.72. The van der Waals surface area contributed by atoms with Crippen molar-refractivity contribution in [3.8, 4) is 17.6 Å². The lowest BCUT2D eigenvalue weighted by molar-refractivity contribution is -0.107. The Kier molecular flexibility index (Phi) is 8.93. The van der Waals surface area contributed by atoms with Crippen molar-refractivity contribution >= 4 is 41.6 Å². The summed E-state index contributed by atoms with van der Waals surface area (Å²) >= 11 is 0. The van der Waals surface area contributed by atoms with E-state index in [9.17, 15) is 9.59 Å². The molecule has 1 unspecified atom stereocenters. The number of halogens is 1. The van der Waals surface area contributed by atoms with E-state index in [1.165, 1.54) is 17.7 Å². The Morgan fingerprint density at radius 2 is 2.09 bits per heavy atom. The normalized spacial score (nSPS) is 14.6. The van der Waals surface area contributed by atoms with Gasteiger partial charge >= 0.3 is 0 Å². The molecule has 0 saturated carbocycles. The average Bonchev–Trinajstić information content (AvgIpc) is 3.51. The van der Waals surface area contributed by atoms with E-state index in [-0.39, 0.29) is 19.0 Å². The first kappa shape index (κ1) is 25.1. The predicted molar refractivity (Wildman–Crippen MR) is 131 cm³/mol. The number of hydroxylamine groups is 1. The van der Waals surface area contributed by atoms with E-state index in [1.807, 2.05) is 18.2 Å². The van der Waals surface area contributed by atoms with Gasteiger partial charge in [-0.15, -0.1) is 12.4 Å². The number of hydrogen-bond acceptors (Lipinski definition) is 6. The number of anilines is 1. The van der Waals surface area contributed by atoms with Crippen LogP contribution in [0, 0.1) is 11.8 Å². The minimum absolute atomic E-state index is 0. The molecule has 1 atom stereocenters. The Balaban J connectivity index is 0.00000324. The molecule has 9 heteroatoms. The van der Waals surface area contributed by atoms with Gasteiger partial charge in [0.05, 0.1) is 13.2 Å². The van der Waals surface area contributed by atoms with Gasteiger partial charge in [0, 0.05) is 28.6 Å². The molecule has 1 aliphatic rings. The van der Waals surface area contributed by atoms with Crippen molar-refractivity contribution in [2.75, 3.05) is 24.6 Å². The zero-order valence-electron chi connectivity index (χ0n) is 18.5. The fourth-order valence-corrected chi connectivity index (χ4v) is 3.72. The van der Waals surface area contributed by atoms with E-state index in [0.29, 0.717) is 41.7 Å². The smallest absolute Gasteiger partial charge is 0.274 e. The van der Waals surface area contributed by atoms with Crippen molar-refractivity contribution in [3.05, 3.63) is 59.7 Å². The van der Waals surface area contributed by atoms with Crippen LogP contribution in [0.1, 0.15) is 35.2 Å². The van der Waals surface area contributed by atoms with Crippen LogP contribution in [0.3, 0.4) is 0 Å². The van der Waals surface area contributed by atoms with E-state index in [0.717, 1.165) is 24.1 Å². The van der Waals surface area contributed by atoms with Crippen molar-refractivity contribution < 1.29 is 24.0 Å². The highest BCUT2D eigenvalue weighted by molar-refractivity contribution is 5.93. The second-order valence-corrected chi connectivity index (χ2v) is 7.77. The summed E-state index contributed by atoms with van der Waals surface area (Å²) < 4.78 is 11.7. The van der Waals surface area contributed by atoms with Gasteiger partial charge in [0.1, 0.15) is 11.3 Å². The van der Waals surface area contributed by atoms with E-state index < -0.39 is 5.91 Å². The Labute approximate surface area is 203 Å². The van der Waals surface area contributed by atoms with Crippen LogP contribution in [0.2, 0.25) is 0 Å². The number of amides is 2. The molecular weight excluding hydrogens is 458 g/mol. The quantitative estimate of drug-likeness (QED) is 0.196. The molecule has 1 aromatic heterocycles. The van der Waals surface area contributed by atoms with Crippen molar-refractivity contribution in [2.45, 2.75) is 25.3 Å². The summed E-state index contributed by atoms with van der Waals surface area (Å²) in [5.41, 5.74) is 3.23. The van der Waals surface area contributed by atoms with Crippen molar-refractivity contribution in [1.82, 2.24) is 10.8 Å². The van der Waals surface area contributed by atoms with E-state index in [1.54, 1.807) is 35.8 Å². The van der Waals surface area contributed by atoms with E-state index in [4.69, 9.17) is 14.4 Å². The lowest BCUT2D eigenvalue weighted by Gasteiger charge is -2.11. The number of rotatable bonds is 8. The van der Waals surface area contributed by atoms with Crippen molar-refractivity contribution in [2.24, 2.45) is 0 Å². The number of benzene rings is 2. The molecule has 3 aromatic rings. The highest BCUT2D eigenvalue weighted by Crippen LogP contribution is 2.28. The molecule has 8 nitrogen and oxygen atoms in total. The summed E-state index contributed by atoms with van der Waals surface area (Å²) in [4.78, 5) is 24.4. The summed E-state index contributed by atoms with van der Waals surface area (Å²) in [7, 11) is 0. The van der Waals surface area contributed by atoms with Gasteiger partial charge < -0.3 is 14.5 Å². The summed E-state index contributed by atoms with van der Waals surface area (Å²) in [5.74, 6) is 6.44. The van der Waals surface area contributed by atoms with Crippen molar-refractivity contribution in [3.63, 3.8) is 0 Å². The molecule has 0 aliphatic carbocycles. The first-order chi connectivity index (χ1) is 16.2. The van der Waals surface area contributed by atoms with Gasteiger partial charge in [-0.1, -0.05) is 11.8 Å². The summed E-state index contributed by atoms with van der Waals surface area (Å²) in [6, 6.07) is 14.4. The maximum Gasteiger partial charge on any atom is 0.274 e. The molecular formula is C25H26ClN3O5. The zero-order valence-corrected chi connectivity index (χ0v) is 19.3. The first-order valence-electron chi connectivity index (χ1n) is 10.8. The van der Waals surface area contributed by atoms with Crippen LogP contribution in [0.5, 0.6) is 5.75 Å². The number of furan rings is 1. The highest BCUT2D eigenvalue weighted by Gasteiger charge is 2.14. The van der Waals surface area contributed by atoms with Crippen LogP contribution in [0.4, 0.5) is 5.88 Å². The SMILES string of the molecule is Cl.O=CN(CC#Cc1ccc(C(=O)NO)cc1)c1cc2cc(OCCC3CCCN3)ccc2o1. The second kappa shape index (κ2) is 12.1. The van der Waals surface area contributed by atoms with Gasteiger partial charge in [0.25, 0.3) is 5.91 Å². The Hall–Kier alpha value is -3.51. The molecule has 2 amide bonds. The van der Waals surface area contributed by atoms with Crippen LogP contribution in [0.25, 0.3) is 11.0 Å². The number of carbonyl (C=O) groups excluding carboxylic acids is 2. The topological polar surface area (TPSA) is 104 Å². The molecule has 1 saturated heterocycles. The average molecular weight is 484 g/mol. The highest BCUT2D eigenvalue weighted by atomic mass is 35.5. The molecule has 1 fully saturated rings. The lowest BCUT2D eigenvalue weighted by atomic mass is 10.1. The largest absolute Gasteiger partial charge is 0.494 e. The van der Waals surface area contributed by atoms with Gasteiger partial charge in [-0.25, -0.2) is 5.48 Å². The molecule has 34 heavy (non-hydrogen) atoms. The second-order valence-electron chi connectivity index (χ2n) is 7.77. The van der Waals surface area contributed by atoms with Crippen LogP contribution in [0.15, 0.2) is 52.9 Å². The number of fused-ring (bicyclic) bond motifs is 1. The van der Waals surface area contributed by atoms with Crippen LogP contribution >= 0.6 is 12.4 Å². The number of nitrogens with one attached hydrogen (secondary N) is 2. The fraction of sp³-hybridized carbons (Fsp3) is 0.280. The minimum Gasteiger partial charge on any atom is -0.494 e. The molecule has 2 heterocycles. The Bertz CT molecular complexity index is 1180. The standard InChI is InChI=1S/C25H25N3O5.ClH/c29-17-28(13-2-3-18-5-7-19(8-6-18)25(30)27-31)24-16-20-15-22(9-10-23(20)33-24)32-14-11-21-4-1-12-26-21;/h5-10,15-17,21,26,31H,1,4,11-14H2,(H,27,30);1H. The molecule has 4 rings (SSSR count). The Morgan fingerprint density at radius 1 is 1.26 bits per heavy atom. The van der Waals surface area contributed by atoms with Crippen molar-refractivity contribution in [1.29, 1.82) is 0 Å².